The minimum absolute atomic E-state index is 0.00463. The van der Waals surface area contributed by atoms with Gasteiger partial charge >= 0.3 is 5.97 Å². The first-order chi connectivity index (χ1) is 16.6. The Hall–Kier alpha value is -4.30. The molecular weight excluding hydrogens is 452 g/mol. The fourth-order valence-corrected chi connectivity index (χ4v) is 5.31. The van der Waals surface area contributed by atoms with Crippen LogP contribution in [0, 0.1) is 0 Å². The molecule has 0 fully saturated rings. The molecule has 0 spiro atoms. The van der Waals surface area contributed by atoms with Crippen LogP contribution in [0.4, 0.5) is 5.13 Å². The summed E-state index contributed by atoms with van der Waals surface area (Å²) in [7, 11) is 1.31. The van der Waals surface area contributed by atoms with Crippen molar-refractivity contribution in [1.29, 1.82) is 0 Å². The number of aromatic nitrogens is 1. The number of methoxy groups -OCH3 is 1. The Labute approximate surface area is 196 Å². The number of carbonyl (C=O) groups excluding carboxylic acids is 2. The second-order valence-electron chi connectivity index (χ2n) is 7.83. The van der Waals surface area contributed by atoms with Gasteiger partial charge in [-0.25, -0.2) is 9.78 Å². The lowest BCUT2D eigenvalue weighted by atomic mass is 9.98. The summed E-state index contributed by atoms with van der Waals surface area (Å²) in [6.45, 7) is 0. The van der Waals surface area contributed by atoms with E-state index in [0.717, 1.165) is 10.2 Å². The van der Waals surface area contributed by atoms with Crippen molar-refractivity contribution in [2.45, 2.75) is 6.04 Å². The first-order valence-corrected chi connectivity index (χ1v) is 11.3. The molecule has 0 aliphatic carbocycles. The fourth-order valence-electron chi connectivity index (χ4n) is 4.31. The van der Waals surface area contributed by atoms with E-state index in [1.165, 1.54) is 23.3 Å². The lowest BCUT2D eigenvalue weighted by Gasteiger charge is -2.22. The van der Waals surface area contributed by atoms with E-state index in [4.69, 9.17) is 9.15 Å². The monoisotopic (exact) mass is 468 g/mol. The van der Waals surface area contributed by atoms with Crippen LogP contribution in [-0.2, 0) is 4.74 Å². The van der Waals surface area contributed by atoms with Gasteiger partial charge in [0.2, 0.25) is 5.76 Å². The molecule has 1 atom stereocenters. The van der Waals surface area contributed by atoms with E-state index in [1.54, 1.807) is 48.5 Å². The van der Waals surface area contributed by atoms with Crippen molar-refractivity contribution in [1.82, 2.24) is 4.98 Å². The molecule has 166 valence electrons. The van der Waals surface area contributed by atoms with Gasteiger partial charge in [0.05, 0.1) is 39.9 Å². The Balaban J connectivity index is 1.60. The van der Waals surface area contributed by atoms with Gasteiger partial charge in [-0.05, 0) is 42.0 Å². The second-order valence-corrected chi connectivity index (χ2v) is 8.83. The van der Waals surface area contributed by atoms with Gasteiger partial charge in [-0.3, -0.25) is 14.5 Å². The van der Waals surface area contributed by atoms with E-state index in [9.17, 15) is 14.4 Å². The smallest absolute Gasteiger partial charge is 0.337 e. The highest BCUT2D eigenvalue weighted by Crippen LogP contribution is 2.43. The van der Waals surface area contributed by atoms with Gasteiger partial charge in [0.15, 0.2) is 10.6 Å². The number of anilines is 1. The van der Waals surface area contributed by atoms with E-state index >= 15 is 0 Å². The molecule has 0 radical (unpaired) electrons. The summed E-state index contributed by atoms with van der Waals surface area (Å²) < 4.78 is 11.7. The summed E-state index contributed by atoms with van der Waals surface area (Å²) in [5.41, 5.74) is 2.13. The minimum atomic E-state index is -0.754. The van der Waals surface area contributed by atoms with Crippen LogP contribution in [0.2, 0.25) is 0 Å². The molecule has 0 bridgehead atoms. The number of hydrogen-bond donors (Lipinski definition) is 0. The van der Waals surface area contributed by atoms with Crippen molar-refractivity contribution in [3.05, 3.63) is 105 Å². The van der Waals surface area contributed by atoms with Crippen molar-refractivity contribution in [3.63, 3.8) is 0 Å². The first-order valence-electron chi connectivity index (χ1n) is 10.5. The number of benzene rings is 3. The highest BCUT2D eigenvalue weighted by molar-refractivity contribution is 7.22. The van der Waals surface area contributed by atoms with Gasteiger partial charge in [-0.15, -0.1) is 0 Å². The molecule has 0 saturated carbocycles. The Morgan fingerprint density at radius 3 is 2.50 bits per heavy atom. The average Bonchev–Trinajstić information content (AvgIpc) is 3.42. The zero-order chi connectivity index (χ0) is 23.4. The van der Waals surface area contributed by atoms with Crippen LogP contribution in [0.25, 0.3) is 21.2 Å². The maximum absolute atomic E-state index is 13.7. The first kappa shape index (κ1) is 20.3. The summed E-state index contributed by atoms with van der Waals surface area (Å²) in [6, 6.07) is 20.4. The number of fused-ring (bicyclic) bond motifs is 3. The Morgan fingerprint density at radius 2 is 1.74 bits per heavy atom. The average molecular weight is 468 g/mol. The number of rotatable bonds is 3. The Morgan fingerprint density at radius 1 is 1.00 bits per heavy atom. The van der Waals surface area contributed by atoms with E-state index in [0.29, 0.717) is 27.2 Å². The fraction of sp³-hybridized carbons (Fsp3) is 0.0769. The molecule has 1 amide bonds. The third kappa shape index (κ3) is 2.96. The van der Waals surface area contributed by atoms with Gasteiger partial charge in [0.25, 0.3) is 5.91 Å². The van der Waals surface area contributed by atoms with Crippen LogP contribution in [0.5, 0.6) is 0 Å². The SMILES string of the molecule is COC(=O)c1ccc([C@@H]2c3c(oc4ccccc4c3=O)C(=O)N2c2nc3ccccc3s2)cc1. The number of ether oxygens (including phenoxy) is 1. The van der Waals surface area contributed by atoms with Crippen molar-refractivity contribution in [3.8, 4) is 0 Å². The summed E-state index contributed by atoms with van der Waals surface area (Å²) in [4.78, 5) is 45.3. The predicted octanol–water partition coefficient (Wildman–Crippen LogP) is 4.94. The van der Waals surface area contributed by atoms with Crippen molar-refractivity contribution in [2.75, 3.05) is 12.0 Å². The number of esters is 1. The third-order valence-corrected chi connectivity index (χ3v) is 6.95. The molecule has 5 aromatic rings. The highest BCUT2D eigenvalue weighted by Gasteiger charge is 2.45. The molecule has 8 heteroatoms. The standard InChI is InChI=1S/C26H16N2O5S/c1-32-25(31)15-12-10-14(11-13-15)21-20-22(29)16-6-2-4-8-18(16)33-23(20)24(30)28(21)26-27-17-7-3-5-9-19(17)34-26/h2-13,21H,1H3/t21-/m1/s1. The van der Waals surface area contributed by atoms with E-state index in [-0.39, 0.29) is 16.8 Å². The largest absolute Gasteiger partial charge is 0.465 e. The predicted molar refractivity (Wildman–Crippen MR) is 129 cm³/mol. The topological polar surface area (TPSA) is 89.7 Å². The molecular formula is C26H16N2O5S. The molecule has 6 rings (SSSR count). The summed E-state index contributed by atoms with van der Waals surface area (Å²) >= 11 is 1.37. The van der Waals surface area contributed by atoms with Gasteiger partial charge < -0.3 is 9.15 Å². The molecule has 2 aromatic heterocycles. The van der Waals surface area contributed by atoms with Crippen LogP contribution in [0.1, 0.15) is 38.1 Å². The quantitative estimate of drug-likeness (QED) is 0.349. The molecule has 0 unspecified atom stereocenters. The van der Waals surface area contributed by atoms with Gasteiger partial charge in [-0.1, -0.05) is 47.7 Å². The van der Waals surface area contributed by atoms with E-state index < -0.39 is 17.9 Å². The number of amides is 1. The zero-order valence-corrected chi connectivity index (χ0v) is 18.7. The number of para-hydroxylation sites is 2. The summed E-state index contributed by atoms with van der Waals surface area (Å²) in [6.07, 6.45) is 0. The second kappa shape index (κ2) is 7.64. The van der Waals surface area contributed by atoms with Crippen LogP contribution in [0.3, 0.4) is 0 Å². The number of thiazole rings is 1. The summed E-state index contributed by atoms with van der Waals surface area (Å²) in [5.74, 6) is -0.896. The van der Waals surface area contributed by atoms with Gasteiger partial charge in [0, 0.05) is 0 Å². The molecule has 7 nitrogen and oxygen atoms in total. The summed E-state index contributed by atoms with van der Waals surface area (Å²) in [5, 5.41) is 0.861. The van der Waals surface area contributed by atoms with E-state index in [2.05, 4.69) is 4.98 Å². The van der Waals surface area contributed by atoms with Crippen LogP contribution < -0.4 is 10.3 Å². The Bertz CT molecular complexity index is 1640. The molecule has 34 heavy (non-hydrogen) atoms. The van der Waals surface area contributed by atoms with Crippen LogP contribution >= 0.6 is 11.3 Å². The highest BCUT2D eigenvalue weighted by atomic mass is 32.1. The Kier molecular flexibility index (Phi) is 4.56. The lowest BCUT2D eigenvalue weighted by molar-refractivity contribution is 0.0600. The van der Waals surface area contributed by atoms with Crippen LogP contribution in [-0.4, -0.2) is 24.0 Å². The third-order valence-electron chi connectivity index (χ3n) is 5.91. The zero-order valence-electron chi connectivity index (χ0n) is 17.8. The van der Waals surface area contributed by atoms with Crippen LogP contribution in [0.15, 0.2) is 82.0 Å². The molecule has 0 saturated heterocycles. The van der Waals surface area contributed by atoms with Crippen molar-refractivity contribution in [2.24, 2.45) is 0 Å². The molecule has 0 N–H and O–H groups in total. The molecule has 1 aliphatic rings. The van der Waals surface area contributed by atoms with Gasteiger partial charge in [0.1, 0.15) is 5.58 Å². The van der Waals surface area contributed by atoms with E-state index in [1.807, 2.05) is 24.3 Å². The minimum Gasteiger partial charge on any atom is -0.465 e. The number of carbonyl (C=O) groups is 2. The normalized spacial score (nSPS) is 15.1. The van der Waals surface area contributed by atoms with Crippen molar-refractivity contribution < 1.29 is 18.7 Å². The number of nitrogens with zero attached hydrogens (tertiary/aromatic N) is 2. The molecule has 1 aliphatic heterocycles. The number of hydrogen-bond acceptors (Lipinski definition) is 7. The maximum atomic E-state index is 13.7. The lowest BCUT2D eigenvalue weighted by Crippen LogP contribution is -2.29. The van der Waals surface area contributed by atoms with Crippen molar-refractivity contribution >= 4 is 49.5 Å². The van der Waals surface area contributed by atoms with Gasteiger partial charge in [-0.2, -0.15) is 0 Å². The molecule has 3 heterocycles. The molecule has 3 aromatic carbocycles. The maximum Gasteiger partial charge on any atom is 0.337 e.